The van der Waals surface area contributed by atoms with Gasteiger partial charge in [-0.2, -0.15) is 0 Å². The van der Waals surface area contributed by atoms with E-state index in [-0.39, 0.29) is 0 Å². The molecule has 0 saturated carbocycles. The number of anilines is 1. The Balaban J connectivity index is 2.37. The number of nitrogens with zero attached hydrogens (tertiary/aromatic N) is 1. The molecule has 1 aromatic heterocycles. The van der Waals surface area contributed by atoms with E-state index in [9.17, 15) is 0 Å². The molecule has 0 spiro atoms. The van der Waals surface area contributed by atoms with Gasteiger partial charge in [-0.3, -0.25) is 0 Å². The van der Waals surface area contributed by atoms with E-state index in [4.69, 9.17) is 5.73 Å². The first-order chi connectivity index (χ1) is 7.16. The van der Waals surface area contributed by atoms with Crippen molar-refractivity contribution in [3.05, 3.63) is 36.3 Å². The number of aromatic amines is 1. The Labute approximate surface area is 89.4 Å². The van der Waals surface area contributed by atoms with Crippen LogP contribution in [0.15, 0.2) is 30.5 Å². The molecule has 3 nitrogen and oxygen atoms in total. The fraction of sp³-hybridized carbons (Fsp3) is 0.250. The van der Waals surface area contributed by atoms with E-state index in [2.05, 4.69) is 23.8 Å². The van der Waals surface area contributed by atoms with Crippen LogP contribution in [-0.2, 0) is 0 Å². The average Bonchev–Trinajstić information content (AvgIpc) is 2.66. The van der Waals surface area contributed by atoms with Crippen LogP contribution in [0.2, 0.25) is 0 Å². The SMILES string of the molecule is CC(C)c1ncc(-c2cccc(N)c2)[nH]1. The van der Waals surface area contributed by atoms with Crippen LogP contribution in [0, 0.1) is 0 Å². The van der Waals surface area contributed by atoms with Gasteiger partial charge < -0.3 is 10.7 Å². The van der Waals surface area contributed by atoms with Crippen molar-refractivity contribution in [3.63, 3.8) is 0 Å². The monoisotopic (exact) mass is 201 g/mol. The quantitative estimate of drug-likeness (QED) is 0.734. The lowest BCUT2D eigenvalue weighted by Gasteiger charge is -2.00. The van der Waals surface area contributed by atoms with Crippen LogP contribution in [0.25, 0.3) is 11.3 Å². The Morgan fingerprint density at radius 2 is 2.13 bits per heavy atom. The maximum atomic E-state index is 5.73. The molecule has 2 aromatic rings. The van der Waals surface area contributed by atoms with Crippen molar-refractivity contribution in [3.8, 4) is 11.3 Å². The third kappa shape index (κ3) is 2.01. The van der Waals surface area contributed by atoms with Gasteiger partial charge in [0, 0.05) is 17.2 Å². The number of nitrogens with two attached hydrogens (primary N) is 1. The number of benzene rings is 1. The zero-order valence-corrected chi connectivity index (χ0v) is 8.99. The third-order valence-electron chi connectivity index (χ3n) is 2.34. The second-order valence-electron chi connectivity index (χ2n) is 3.96. The van der Waals surface area contributed by atoms with Crippen LogP contribution in [0.3, 0.4) is 0 Å². The smallest absolute Gasteiger partial charge is 0.109 e. The summed E-state index contributed by atoms with van der Waals surface area (Å²) in [5, 5.41) is 0. The van der Waals surface area contributed by atoms with E-state index in [1.165, 1.54) is 0 Å². The largest absolute Gasteiger partial charge is 0.399 e. The highest BCUT2D eigenvalue weighted by molar-refractivity contribution is 5.63. The summed E-state index contributed by atoms with van der Waals surface area (Å²) in [6.07, 6.45) is 1.85. The van der Waals surface area contributed by atoms with Gasteiger partial charge in [0.1, 0.15) is 5.82 Å². The van der Waals surface area contributed by atoms with Gasteiger partial charge in [0.05, 0.1) is 11.9 Å². The summed E-state index contributed by atoms with van der Waals surface area (Å²) < 4.78 is 0. The lowest BCUT2D eigenvalue weighted by Crippen LogP contribution is -1.89. The van der Waals surface area contributed by atoms with Crippen molar-refractivity contribution in [1.29, 1.82) is 0 Å². The molecule has 0 bridgehead atoms. The first-order valence-electron chi connectivity index (χ1n) is 5.07. The van der Waals surface area contributed by atoms with E-state index in [0.717, 1.165) is 22.8 Å². The van der Waals surface area contributed by atoms with Crippen LogP contribution in [0.4, 0.5) is 5.69 Å². The number of nitrogens with one attached hydrogen (secondary N) is 1. The summed E-state index contributed by atoms with van der Waals surface area (Å²) in [5.74, 6) is 1.42. The maximum absolute atomic E-state index is 5.73. The molecule has 78 valence electrons. The zero-order chi connectivity index (χ0) is 10.8. The Hall–Kier alpha value is -1.77. The number of hydrogen-bond acceptors (Lipinski definition) is 2. The Kier molecular flexibility index (Phi) is 2.46. The number of rotatable bonds is 2. The summed E-state index contributed by atoms with van der Waals surface area (Å²) in [4.78, 5) is 7.61. The molecular weight excluding hydrogens is 186 g/mol. The van der Waals surface area contributed by atoms with Crippen molar-refractivity contribution in [2.75, 3.05) is 5.73 Å². The van der Waals surface area contributed by atoms with E-state index < -0.39 is 0 Å². The molecule has 0 aliphatic carbocycles. The molecule has 1 aromatic carbocycles. The highest BCUT2D eigenvalue weighted by atomic mass is 14.9. The summed E-state index contributed by atoms with van der Waals surface area (Å²) in [5.41, 5.74) is 8.60. The fourth-order valence-corrected chi connectivity index (χ4v) is 1.48. The number of imidazole rings is 1. The molecule has 0 aliphatic rings. The van der Waals surface area contributed by atoms with Gasteiger partial charge in [-0.05, 0) is 12.1 Å². The molecule has 3 N–H and O–H groups in total. The van der Waals surface area contributed by atoms with Gasteiger partial charge in [-0.15, -0.1) is 0 Å². The van der Waals surface area contributed by atoms with E-state index >= 15 is 0 Å². The predicted molar refractivity (Wildman–Crippen MR) is 62.5 cm³/mol. The summed E-state index contributed by atoms with van der Waals surface area (Å²) in [6, 6.07) is 7.79. The number of hydrogen-bond donors (Lipinski definition) is 2. The molecule has 15 heavy (non-hydrogen) atoms. The molecule has 0 fully saturated rings. The summed E-state index contributed by atoms with van der Waals surface area (Å²) in [6.45, 7) is 4.23. The van der Waals surface area contributed by atoms with Gasteiger partial charge in [-0.1, -0.05) is 26.0 Å². The van der Waals surface area contributed by atoms with Crippen LogP contribution in [0.5, 0.6) is 0 Å². The van der Waals surface area contributed by atoms with Crippen LogP contribution in [-0.4, -0.2) is 9.97 Å². The van der Waals surface area contributed by atoms with Crippen molar-refractivity contribution in [2.45, 2.75) is 19.8 Å². The minimum absolute atomic E-state index is 0.416. The van der Waals surface area contributed by atoms with Crippen molar-refractivity contribution in [1.82, 2.24) is 9.97 Å². The molecule has 1 heterocycles. The van der Waals surface area contributed by atoms with Gasteiger partial charge in [0.2, 0.25) is 0 Å². The first kappa shape index (κ1) is 9.77. The molecular formula is C12H15N3. The number of nitrogen functional groups attached to an aromatic ring is 1. The Bertz CT molecular complexity index is 457. The molecule has 0 unspecified atom stereocenters. The normalized spacial score (nSPS) is 10.9. The number of aromatic nitrogens is 2. The molecule has 0 aliphatic heterocycles. The van der Waals surface area contributed by atoms with E-state index in [0.29, 0.717) is 5.92 Å². The third-order valence-corrected chi connectivity index (χ3v) is 2.34. The van der Waals surface area contributed by atoms with E-state index in [1.54, 1.807) is 0 Å². The Morgan fingerprint density at radius 1 is 1.33 bits per heavy atom. The van der Waals surface area contributed by atoms with Gasteiger partial charge in [0.15, 0.2) is 0 Å². The second kappa shape index (κ2) is 3.77. The minimum atomic E-state index is 0.416. The van der Waals surface area contributed by atoms with Crippen molar-refractivity contribution < 1.29 is 0 Å². The average molecular weight is 201 g/mol. The lowest BCUT2D eigenvalue weighted by atomic mass is 10.1. The van der Waals surface area contributed by atoms with Crippen molar-refractivity contribution >= 4 is 5.69 Å². The van der Waals surface area contributed by atoms with E-state index in [1.807, 2.05) is 30.5 Å². The maximum Gasteiger partial charge on any atom is 0.109 e. The second-order valence-corrected chi connectivity index (χ2v) is 3.96. The van der Waals surface area contributed by atoms with Crippen LogP contribution in [0.1, 0.15) is 25.6 Å². The fourth-order valence-electron chi connectivity index (χ4n) is 1.48. The molecule has 0 radical (unpaired) electrons. The van der Waals surface area contributed by atoms with Gasteiger partial charge in [0.25, 0.3) is 0 Å². The molecule has 0 atom stereocenters. The highest BCUT2D eigenvalue weighted by Crippen LogP contribution is 2.21. The topological polar surface area (TPSA) is 54.7 Å². The molecule has 0 amide bonds. The predicted octanol–water partition coefficient (Wildman–Crippen LogP) is 2.78. The highest BCUT2D eigenvalue weighted by Gasteiger charge is 2.05. The Morgan fingerprint density at radius 3 is 2.73 bits per heavy atom. The minimum Gasteiger partial charge on any atom is -0.399 e. The lowest BCUT2D eigenvalue weighted by molar-refractivity contribution is 0.795. The molecule has 2 rings (SSSR count). The van der Waals surface area contributed by atoms with Crippen molar-refractivity contribution in [2.24, 2.45) is 0 Å². The first-order valence-corrected chi connectivity index (χ1v) is 5.07. The van der Waals surface area contributed by atoms with Gasteiger partial charge >= 0.3 is 0 Å². The standard InChI is InChI=1S/C12H15N3/c1-8(2)12-14-7-11(15-12)9-4-3-5-10(13)6-9/h3-8H,13H2,1-2H3,(H,14,15). The van der Waals surface area contributed by atoms with Crippen LogP contribution < -0.4 is 5.73 Å². The van der Waals surface area contributed by atoms with Crippen LogP contribution >= 0.6 is 0 Å². The summed E-state index contributed by atoms with van der Waals surface area (Å²) >= 11 is 0. The summed E-state index contributed by atoms with van der Waals surface area (Å²) in [7, 11) is 0. The molecule has 3 heteroatoms. The van der Waals surface area contributed by atoms with Gasteiger partial charge in [-0.25, -0.2) is 4.98 Å². The number of H-pyrrole nitrogens is 1. The molecule has 0 saturated heterocycles. The zero-order valence-electron chi connectivity index (χ0n) is 8.99.